The van der Waals surface area contributed by atoms with E-state index in [1.54, 1.807) is 17.2 Å². The van der Waals surface area contributed by atoms with Gasteiger partial charge in [0.05, 0.1) is 18.7 Å². The van der Waals surface area contributed by atoms with Crippen molar-refractivity contribution < 1.29 is 14.0 Å². The summed E-state index contributed by atoms with van der Waals surface area (Å²) in [6.07, 6.45) is 1.85. The van der Waals surface area contributed by atoms with Gasteiger partial charge in [0, 0.05) is 26.1 Å². The number of furan rings is 1. The van der Waals surface area contributed by atoms with E-state index in [4.69, 9.17) is 4.42 Å². The molecule has 1 aromatic heterocycles. The van der Waals surface area contributed by atoms with Crippen LogP contribution < -0.4 is 5.32 Å². The molecule has 6 heteroatoms. The van der Waals surface area contributed by atoms with Crippen molar-refractivity contribution in [2.75, 3.05) is 20.6 Å². The maximum atomic E-state index is 12.4. The summed E-state index contributed by atoms with van der Waals surface area (Å²) in [5.41, 5.74) is 2.29. The SMILES string of the molecule is CN(C)Cc1ccc(CNC(=O)C2CC(=O)N(Cc3ccco3)C2)cc1. The Morgan fingerprint density at radius 1 is 1.23 bits per heavy atom. The Morgan fingerprint density at radius 2 is 1.96 bits per heavy atom. The third-order valence-corrected chi connectivity index (χ3v) is 4.50. The number of amides is 2. The second-order valence-corrected chi connectivity index (χ2v) is 7.03. The summed E-state index contributed by atoms with van der Waals surface area (Å²) in [6, 6.07) is 11.8. The van der Waals surface area contributed by atoms with Crippen molar-refractivity contribution >= 4 is 11.8 Å². The molecule has 0 bridgehead atoms. The van der Waals surface area contributed by atoms with Crippen LogP contribution in [-0.2, 0) is 29.2 Å². The Morgan fingerprint density at radius 3 is 2.62 bits per heavy atom. The molecule has 2 aromatic rings. The van der Waals surface area contributed by atoms with Crippen molar-refractivity contribution in [3.63, 3.8) is 0 Å². The molecule has 2 heterocycles. The minimum atomic E-state index is -0.300. The lowest BCUT2D eigenvalue weighted by molar-refractivity contribution is -0.129. The second kappa shape index (κ2) is 8.19. The number of nitrogens with one attached hydrogen (secondary N) is 1. The average molecular weight is 355 g/mol. The van der Waals surface area contributed by atoms with E-state index in [9.17, 15) is 9.59 Å². The second-order valence-electron chi connectivity index (χ2n) is 7.03. The average Bonchev–Trinajstić information content (AvgIpc) is 3.24. The van der Waals surface area contributed by atoms with Crippen LogP contribution in [0.5, 0.6) is 0 Å². The topological polar surface area (TPSA) is 65.8 Å². The van der Waals surface area contributed by atoms with Crippen molar-refractivity contribution in [1.29, 1.82) is 0 Å². The molecule has 0 aliphatic carbocycles. The van der Waals surface area contributed by atoms with Crippen molar-refractivity contribution in [3.8, 4) is 0 Å². The van der Waals surface area contributed by atoms with Crippen molar-refractivity contribution in [1.82, 2.24) is 15.1 Å². The van der Waals surface area contributed by atoms with E-state index in [2.05, 4.69) is 22.3 Å². The molecule has 1 fully saturated rings. The van der Waals surface area contributed by atoms with Gasteiger partial charge in [0.2, 0.25) is 11.8 Å². The van der Waals surface area contributed by atoms with E-state index in [0.29, 0.717) is 19.6 Å². The van der Waals surface area contributed by atoms with Crippen LogP contribution in [0.3, 0.4) is 0 Å². The molecule has 0 spiro atoms. The molecule has 1 aliphatic rings. The quantitative estimate of drug-likeness (QED) is 0.825. The largest absolute Gasteiger partial charge is 0.467 e. The van der Waals surface area contributed by atoms with Gasteiger partial charge in [0.25, 0.3) is 0 Å². The molecule has 0 saturated carbocycles. The van der Waals surface area contributed by atoms with Crippen LogP contribution in [0.15, 0.2) is 47.1 Å². The van der Waals surface area contributed by atoms with E-state index in [1.165, 1.54) is 5.56 Å². The summed E-state index contributed by atoms with van der Waals surface area (Å²) < 4.78 is 5.28. The fourth-order valence-corrected chi connectivity index (χ4v) is 3.15. The minimum absolute atomic E-state index is 0.00501. The lowest BCUT2D eigenvalue weighted by Gasteiger charge is -2.15. The number of carbonyl (C=O) groups excluding carboxylic acids is 2. The molecule has 26 heavy (non-hydrogen) atoms. The maximum Gasteiger partial charge on any atom is 0.225 e. The van der Waals surface area contributed by atoms with Gasteiger partial charge in [0.1, 0.15) is 5.76 Å². The van der Waals surface area contributed by atoms with Gasteiger partial charge < -0.3 is 19.5 Å². The van der Waals surface area contributed by atoms with Gasteiger partial charge in [-0.05, 0) is 37.4 Å². The smallest absolute Gasteiger partial charge is 0.225 e. The fraction of sp³-hybridized carbons (Fsp3) is 0.400. The van der Waals surface area contributed by atoms with Gasteiger partial charge in [-0.1, -0.05) is 24.3 Å². The lowest BCUT2D eigenvalue weighted by atomic mass is 10.1. The van der Waals surface area contributed by atoms with Crippen molar-refractivity contribution in [3.05, 3.63) is 59.5 Å². The number of nitrogens with zero attached hydrogens (tertiary/aromatic N) is 2. The van der Waals surface area contributed by atoms with E-state index in [-0.39, 0.29) is 24.2 Å². The molecule has 1 aliphatic heterocycles. The molecule has 1 aromatic carbocycles. The third-order valence-electron chi connectivity index (χ3n) is 4.50. The van der Waals surface area contributed by atoms with Crippen LogP contribution in [0.2, 0.25) is 0 Å². The Kier molecular flexibility index (Phi) is 5.73. The first kappa shape index (κ1) is 18.2. The normalized spacial score (nSPS) is 17.1. The number of rotatable bonds is 7. The zero-order valence-electron chi connectivity index (χ0n) is 15.3. The summed E-state index contributed by atoms with van der Waals surface area (Å²) >= 11 is 0. The molecule has 1 unspecified atom stereocenters. The van der Waals surface area contributed by atoms with Crippen LogP contribution in [0.25, 0.3) is 0 Å². The standard InChI is InChI=1S/C20H25N3O3/c1-22(2)12-16-7-5-15(6-8-16)11-21-20(25)17-10-19(24)23(13-17)14-18-4-3-9-26-18/h3-9,17H,10-14H2,1-2H3,(H,21,25). The maximum absolute atomic E-state index is 12.4. The molecule has 1 atom stereocenters. The predicted molar refractivity (Wildman–Crippen MR) is 97.9 cm³/mol. The zero-order chi connectivity index (χ0) is 18.5. The Labute approximate surface area is 153 Å². The molecular weight excluding hydrogens is 330 g/mol. The molecule has 0 radical (unpaired) electrons. The summed E-state index contributed by atoms with van der Waals surface area (Å²) in [7, 11) is 4.07. The van der Waals surface area contributed by atoms with Crippen molar-refractivity contribution in [2.24, 2.45) is 5.92 Å². The molecule has 6 nitrogen and oxygen atoms in total. The molecule has 2 amide bonds. The van der Waals surface area contributed by atoms with E-state index < -0.39 is 0 Å². The van der Waals surface area contributed by atoms with Gasteiger partial charge in [-0.2, -0.15) is 0 Å². The lowest BCUT2D eigenvalue weighted by Crippen LogP contribution is -2.32. The third kappa shape index (κ3) is 4.73. The van der Waals surface area contributed by atoms with E-state index in [0.717, 1.165) is 17.9 Å². The molecular formula is C20H25N3O3. The first-order chi connectivity index (χ1) is 12.5. The molecule has 3 rings (SSSR count). The van der Waals surface area contributed by atoms with Crippen LogP contribution in [0.4, 0.5) is 0 Å². The van der Waals surface area contributed by atoms with E-state index in [1.807, 2.05) is 32.3 Å². The summed E-state index contributed by atoms with van der Waals surface area (Å²) in [5.74, 6) is 0.356. The summed E-state index contributed by atoms with van der Waals surface area (Å²) in [5, 5.41) is 2.95. The number of benzene rings is 1. The van der Waals surface area contributed by atoms with Crippen LogP contribution in [0, 0.1) is 5.92 Å². The molecule has 1 saturated heterocycles. The summed E-state index contributed by atoms with van der Waals surface area (Å²) in [4.78, 5) is 28.3. The van der Waals surface area contributed by atoms with E-state index >= 15 is 0 Å². The van der Waals surface area contributed by atoms with Gasteiger partial charge in [-0.25, -0.2) is 0 Å². The predicted octanol–water partition coefficient (Wildman–Crippen LogP) is 2.01. The Hall–Kier alpha value is -2.60. The van der Waals surface area contributed by atoms with Gasteiger partial charge in [0.15, 0.2) is 0 Å². The Balaban J connectivity index is 1.48. The van der Waals surface area contributed by atoms with Crippen LogP contribution in [0.1, 0.15) is 23.3 Å². The highest BCUT2D eigenvalue weighted by Crippen LogP contribution is 2.20. The Bertz CT molecular complexity index is 738. The molecule has 138 valence electrons. The summed E-state index contributed by atoms with van der Waals surface area (Å²) in [6.45, 7) is 2.22. The van der Waals surface area contributed by atoms with Gasteiger partial charge in [-0.3, -0.25) is 9.59 Å². The fourth-order valence-electron chi connectivity index (χ4n) is 3.15. The first-order valence-corrected chi connectivity index (χ1v) is 8.81. The monoisotopic (exact) mass is 355 g/mol. The number of likely N-dealkylation sites (tertiary alicyclic amines) is 1. The number of carbonyl (C=O) groups is 2. The van der Waals surface area contributed by atoms with Gasteiger partial charge >= 0.3 is 0 Å². The number of hydrogen-bond acceptors (Lipinski definition) is 4. The zero-order valence-corrected chi connectivity index (χ0v) is 15.3. The van der Waals surface area contributed by atoms with Crippen molar-refractivity contribution in [2.45, 2.75) is 26.1 Å². The first-order valence-electron chi connectivity index (χ1n) is 8.81. The minimum Gasteiger partial charge on any atom is -0.467 e. The van der Waals surface area contributed by atoms with Gasteiger partial charge in [-0.15, -0.1) is 0 Å². The van der Waals surface area contributed by atoms with Crippen LogP contribution in [-0.4, -0.2) is 42.3 Å². The highest BCUT2D eigenvalue weighted by Gasteiger charge is 2.34. The molecule has 1 N–H and O–H groups in total. The highest BCUT2D eigenvalue weighted by atomic mass is 16.3. The van der Waals surface area contributed by atoms with Crippen LogP contribution >= 0.6 is 0 Å². The highest BCUT2D eigenvalue weighted by molar-refractivity contribution is 5.89. The number of hydrogen-bond donors (Lipinski definition) is 1.